The van der Waals surface area contributed by atoms with Crippen LogP contribution in [0.3, 0.4) is 0 Å². The number of hydrogen-bond donors (Lipinski definition) is 2. The molecule has 0 saturated heterocycles. The van der Waals surface area contributed by atoms with Gasteiger partial charge in [-0.1, -0.05) is 15.9 Å². The minimum atomic E-state index is -0.335. The monoisotopic (exact) mass is 421 g/mol. The van der Waals surface area contributed by atoms with Crippen LogP contribution in [0.1, 0.15) is 31.8 Å². The average molecular weight is 422 g/mol. The molecular weight excluding hydrogens is 398 g/mol. The number of amides is 3. The smallest absolute Gasteiger partial charge is 0.319 e. The molecule has 0 spiro atoms. The van der Waals surface area contributed by atoms with E-state index in [1.807, 2.05) is 45.0 Å². The number of nitrogens with one attached hydrogen (secondary N) is 2. The number of halogens is 1. The van der Waals surface area contributed by atoms with Gasteiger partial charge in [-0.25, -0.2) is 4.79 Å². The molecule has 0 atom stereocenters. The molecule has 0 aliphatic rings. The van der Waals surface area contributed by atoms with Crippen LogP contribution in [0.5, 0.6) is 0 Å². The summed E-state index contributed by atoms with van der Waals surface area (Å²) in [6.45, 7) is 6.48. The van der Waals surface area contributed by atoms with Gasteiger partial charge in [0.25, 0.3) is 0 Å². The Balaban J connectivity index is 1.79. The van der Waals surface area contributed by atoms with Crippen molar-refractivity contribution in [2.75, 3.05) is 11.9 Å². The second kappa shape index (κ2) is 9.43. The molecule has 0 saturated carbocycles. The molecule has 1 heterocycles. The van der Waals surface area contributed by atoms with E-state index in [0.29, 0.717) is 12.2 Å². The van der Waals surface area contributed by atoms with Crippen molar-refractivity contribution in [3.63, 3.8) is 0 Å². The van der Waals surface area contributed by atoms with E-state index in [1.165, 1.54) is 0 Å². The Morgan fingerprint density at radius 1 is 1.15 bits per heavy atom. The minimum absolute atomic E-state index is 0.0296. The Morgan fingerprint density at radius 3 is 2.42 bits per heavy atom. The van der Waals surface area contributed by atoms with E-state index in [2.05, 4.69) is 26.6 Å². The summed E-state index contributed by atoms with van der Waals surface area (Å²) in [4.78, 5) is 26.1. The fraction of sp³-hybridized carbons (Fsp3) is 0.368. The van der Waals surface area contributed by atoms with Gasteiger partial charge in [0.1, 0.15) is 11.5 Å². The van der Waals surface area contributed by atoms with Gasteiger partial charge in [0.15, 0.2) is 0 Å². The van der Waals surface area contributed by atoms with Crippen molar-refractivity contribution in [2.45, 2.75) is 39.8 Å². The Kier molecular flexibility index (Phi) is 7.26. The molecule has 140 valence electrons. The molecule has 1 aromatic carbocycles. The van der Waals surface area contributed by atoms with Crippen LogP contribution in [0.4, 0.5) is 10.5 Å². The van der Waals surface area contributed by atoms with Gasteiger partial charge in [0.2, 0.25) is 5.91 Å². The van der Waals surface area contributed by atoms with Crippen LogP contribution in [0, 0.1) is 6.92 Å². The van der Waals surface area contributed by atoms with Crippen molar-refractivity contribution in [3.8, 4) is 0 Å². The van der Waals surface area contributed by atoms with Gasteiger partial charge in [0, 0.05) is 29.2 Å². The molecule has 3 amide bonds. The van der Waals surface area contributed by atoms with Crippen LogP contribution in [-0.2, 0) is 11.3 Å². The van der Waals surface area contributed by atoms with Gasteiger partial charge in [-0.2, -0.15) is 0 Å². The molecule has 0 aliphatic carbocycles. The Labute approximate surface area is 162 Å². The van der Waals surface area contributed by atoms with Crippen molar-refractivity contribution in [2.24, 2.45) is 0 Å². The van der Waals surface area contributed by atoms with Crippen LogP contribution >= 0.6 is 15.9 Å². The number of hydrogen-bond acceptors (Lipinski definition) is 3. The zero-order valence-corrected chi connectivity index (χ0v) is 16.8. The number of furan rings is 1. The summed E-state index contributed by atoms with van der Waals surface area (Å²) in [6, 6.07) is 10.7. The van der Waals surface area contributed by atoms with Crippen molar-refractivity contribution in [1.82, 2.24) is 10.2 Å². The number of carbonyl (C=O) groups excluding carboxylic acids is 2. The highest BCUT2D eigenvalue weighted by atomic mass is 79.9. The largest absolute Gasteiger partial charge is 0.464 e. The van der Waals surface area contributed by atoms with Crippen molar-refractivity contribution in [1.29, 1.82) is 0 Å². The first kappa shape index (κ1) is 20.0. The van der Waals surface area contributed by atoms with Gasteiger partial charge >= 0.3 is 6.03 Å². The lowest BCUT2D eigenvalue weighted by atomic mass is 10.2. The summed E-state index contributed by atoms with van der Waals surface area (Å²) in [6.07, 6.45) is 0.228. The second-order valence-electron chi connectivity index (χ2n) is 6.27. The number of carbonyl (C=O) groups is 2. The highest BCUT2D eigenvalue weighted by Crippen LogP contribution is 2.14. The van der Waals surface area contributed by atoms with Crippen molar-refractivity contribution in [3.05, 3.63) is 52.4 Å². The minimum Gasteiger partial charge on any atom is -0.464 e. The first-order valence-electron chi connectivity index (χ1n) is 8.50. The number of urea groups is 1. The second-order valence-corrected chi connectivity index (χ2v) is 7.18. The topological polar surface area (TPSA) is 74.6 Å². The van der Waals surface area contributed by atoms with E-state index in [9.17, 15) is 9.59 Å². The Hall–Kier alpha value is -2.28. The highest BCUT2D eigenvalue weighted by Gasteiger charge is 2.18. The van der Waals surface area contributed by atoms with E-state index >= 15 is 0 Å². The number of anilines is 1. The number of aryl methyl sites for hydroxylation is 1. The predicted octanol–water partition coefficient (Wildman–Crippen LogP) is 4.30. The zero-order valence-electron chi connectivity index (χ0n) is 15.2. The third kappa shape index (κ3) is 6.22. The van der Waals surface area contributed by atoms with Crippen LogP contribution in [0.2, 0.25) is 0 Å². The molecule has 7 heteroatoms. The summed E-state index contributed by atoms with van der Waals surface area (Å²) in [7, 11) is 0. The van der Waals surface area contributed by atoms with E-state index < -0.39 is 0 Å². The quantitative estimate of drug-likeness (QED) is 0.699. The lowest BCUT2D eigenvalue weighted by Gasteiger charge is -2.26. The summed E-state index contributed by atoms with van der Waals surface area (Å²) < 4.78 is 6.49. The highest BCUT2D eigenvalue weighted by molar-refractivity contribution is 9.10. The molecule has 2 rings (SSSR count). The summed E-state index contributed by atoms with van der Waals surface area (Å²) in [5.41, 5.74) is 0.689. The maximum absolute atomic E-state index is 12.5. The van der Waals surface area contributed by atoms with Gasteiger partial charge in [-0.3, -0.25) is 4.79 Å². The van der Waals surface area contributed by atoms with Gasteiger partial charge in [-0.15, -0.1) is 0 Å². The average Bonchev–Trinajstić information content (AvgIpc) is 2.99. The first-order valence-corrected chi connectivity index (χ1v) is 9.29. The first-order chi connectivity index (χ1) is 12.3. The third-order valence-corrected chi connectivity index (χ3v) is 4.32. The fourth-order valence-corrected chi connectivity index (χ4v) is 2.70. The maximum Gasteiger partial charge on any atom is 0.319 e. The van der Waals surface area contributed by atoms with Crippen LogP contribution in [-0.4, -0.2) is 29.4 Å². The Morgan fingerprint density at radius 2 is 1.85 bits per heavy atom. The fourth-order valence-electron chi connectivity index (χ4n) is 2.43. The van der Waals surface area contributed by atoms with E-state index in [-0.39, 0.29) is 30.9 Å². The number of benzene rings is 1. The van der Waals surface area contributed by atoms with Gasteiger partial charge < -0.3 is 20.0 Å². The Bertz CT molecular complexity index is 741. The number of rotatable bonds is 7. The molecule has 0 radical (unpaired) electrons. The van der Waals surface area contributed by atoms with Crippen LogP contribution in [0.15, 0.2) is 45.3 Å². The van der Waals surface area contributed by atoms with Crippen molar-refractivity contribution >= 4 is 33.6 Å². The molecule has 26 heavy (non-hydrogen) atoms. The molecule has 6 nitrogen and oxygen atoms in total. The standard InChI is InChI=1S/C19H24BrN3O3/c1-13(2)23(12-17-9-4-14(3)26-17)18(24)10-11-21-19(25)22-16-7-5-15(20)6-8-16/h4-9,13H,10-12H2,1-3H3,(H2,21,22,25). The normalized spacial score (nSPS) is 10.7. The van der Waals surface area contributed by atoms with Crippen molar-refractivity contribution < 1.29 is 14.0 Å². The maximum atomic E-state index is 12.5. The van der Waals surface area contributed by atoms with Crippen LogP contribution < -0.4 is 10.6 Å². The van der Waals surface area contributed by atoms with E-state index in [4.69, 9.17) is 4.42 Å². The lowest BCUT2D eigenvalue weighted by molar-refractivity contribution is -0.133. The summed E-state index contributed by atoms with van der Waals surface area (Å²) >= 11 is 3.34. The van der Waals surface area contributed by atoms with Crippen LogP contribution in [0.25, 0.3) is 0 Å². The molecule has 0 unspecified atom stereocenters. The number of nitrogens with zero attached hydrogens (tertiary/aromatic N) is 1. The van der Waals surface area contributed by atoms with Gasteiger partial charge in [-0.05, 0) is 57.2 Å². The molecule has 0 bridgehead atoms. The third-order valence-electron chi connectivity index (χ3n) is 3.79. The van der Waals surface area contributed by atoms with E-state index in [1.54, 1.807) is 17.0 Å². The molecule has 0 aliphatic heterocycles. The molecule has 2 aromatic rings. The molecular formula is C19H24BrN3O3. The van der Waals surface area contributed by atoms with Gasteiger partial charge in [0.05, 0.1) is 6.54 Å². The SMILES string of the molecule is Cc1ccc(CN(C(=O)CCNC(=O)Nc2ccc(Br)cc2)C(C)C)o1. The summed E-state index contributed by atoms with van der Waals surface area (Å²) in [5.74, 6) is 1.55. The zero-order chi connectivity index (χ0) is 19.1. The predicted molar refractivity (Wildman–Crippen MR) is 105 cm³/mol. The van der Waals surface area contributed by atoms with E-state index in [0.717, 1.165) is 16.0 Å². The lowest BCUT2D eigenvalue weighted by Crippen LogP contribution is -2.39. The molecule has 1 aromatic heterocycles. The molecule has 2 N–H and O–H groups in total. The summed E-state index contributed by atoms with van der Waals surface area (Å²) in [5, 5.41) is 5.43. The molecule has 0 fully saturated rings.